The molecule has 14 heavy (non-hydrogen) atoms. The van der Waals surface area contributed by atoms with E-state index in [1.54, 1.807) is 24.3 Å². The van der Waals surface area contributed by atoms with Crippen LogP contribution in [0.5, 0.6) is 0 Å². The van der Waals surface area contributed by atoms with Crippen molar-refractivity contribution in [2.45, 2.75) is 0 Å². The van der Waals surface area contributed by atoms with Gasteiger partial charge in [-0.15, -0.1) is 0 Å². The first-order chi connectivity index (χ1) is 6.74. The molecule has 0 unspecified atom stereocenters. The Morgan fingerprint density at radius 3 is 3.00 bits per heavy atom. The van der Waals surface area contributed by atoms with Crippen LogP contribution in [0.15, 0.2) is 29.4 Å². The summed E-state index contributed by atoms with van der Waals surface area (Å²) in [6, 6.07) is 5.24. The van der Waals surface area contributed by atoms with Gasteiger partial charge < -0.3 is 5.73 Å². The van der Waals surface area contributed by atoms with Crippen molar-refractivity contribution in [2.24, 2.45) is 5.11 Å². The Bertz CT molecular complexity index is 394. The van der Waals surface area contributed by atoms with Crippen molar-refractivity contribution in [2.75, 3.05) is 12.3 Å². The van der Waals surface area contributed by atoms with Crippen LogP contribution < -0.4 is 5.73 Å². The number of hydrogen-bond donors (Lipinski definition) is 1. The molecular weight excluding hydrogens is 200 g/mol. The smallest absolute Gasteiger partial charge is 0.0443 e. The number of hydrogen-bond acceptors (Lipinski definition) is 2. The highest BCUT2D eigenvalue weighted by Crippen LogP contribution is 2.18. The number of halogens is 1. The maximum absolute atomic E-state index is 8.04. The van der Waals surface area contributed by atoms with Gasteiger partial charge in [-0.2, -0.15) is 0 Å². The SMILES string of the molecule is [N-]=[N+]=NCC=Cc1ccc(Cl)cc1N. The molecular formula is C9H9ClN4. The number of nitrogens with zero attached hydrogens (tertiary/aromatic N) is 3. The van der Waals surface area contributed by atoms with Gasteiger partial charge in [0.15, 0.2) is 0 Å². The Labute approximate surface area is 86.6 Å². The number of azide groups is 1. The highest BCUT2D eigenvalue weighted by Gasteiger charge is 1.94. The molecule has 2 N–H and O–H groups in total. The van der Waals surface area contributed by atoms with Crippen LogP contribution in [0.2, 0.25) is 5.02 Å². The summed E-state index contributed by atoms with van der Waals surface area (Å²) >= 11 is 5.73. The second-order valence-corrected chi connectivity index (χ2v) is 3.03. The Hall–Kier alpha value is -1.64. The average molecular weight is 209 g/mol. The van der Waals surface area contributed by atoms with Crippen molar-refractivity contribution < 1.29 is 0 Å². The van der Waals surface area contributed by atoms with E-state index in [1.807, 2.05) is 6.07 Å². The quantitative estimate of drug-likeness (QED) is 0.352. The van der Waals surface area contributed by atoms with Gasteiger partial charge in [0.2, 0.25) is 0 Å². The third-order valence-corrected chi connectivity index (χ3v) is 1.83. The van der Waals surface area contributed by atoms with Gasteiger partial charge in [0.1, 0.15) is 0 Å². The molecule has 1 aromatic carbocycles. The minimum atomic E-state index is 0.318. The van der Waals surface area contributed by atoms with Gasteiger partial charge in [-0.25, -0.2) is 0 Å². The third-order valence-electron chi connectivity index (χ3n) is 1.60. The fraction of sp³-hybridized carbons (Fsp3) is 0.111. The zero-order chi connectivity index (χ0) is 10.4. The van der Waals surface area contributed by atoms with Crippen LogP contribution in [0.1, 0.15) is 5.56 Å². The molecule has 0 aliphatic carbocycles. The lowest BCUT2D eigenvalue weighted by Gasteiger charge is -1.99. The molecule has 0 aliphatic rings. The summed E-state index contributed by atoms with van der Waals surface area (Å²) in [7, 11) is 0. The van der Waals surface area contributed by atoms with E-state index >= 15 is 0 Å². The third kappa shape index (κ3) is 3.01. The van der Waals surface area contributed by atoms with Gasteiger partial charge in [0.05, 0.1) is 0 Å². The summed E-state index contributed by atoms with van der Waals surface area (Å²) in [6.07, 6.45) is 3.53. The van der Waals surface area contributed by atoms with Crippen LogP contribution in [0.25, 0.3) is 16.5 Å². The van der Waals surface area contributed by atoms with E-state index in [1.165, 1.54) is 0 Å². The molecule has 0 heterocycles. The molecule has 1 aromatic rings. The first-order valence-corrected chi connectivity index (χ1v) is 4.34. The molecule has 0 radical (unpaired) electrons. The van der Waals surface area contributed by atoms with Gasteiger partial charge in [0.25, 0.3) is 0 Å². The summed E-state index contributed by atoms with van der Waals surface area (Å²) in [6.45, 7) is 0.318. The summed E-state index contributed by atoms with van der Waals surface area (Å²) in [5, 5.41) is 3.97. The van der Waals surface area contributed by atoms with E-state index < -0.39 is 0 Å². The second kappa shape index (κ2) is 5.17. The number of rotatable bonds is 3. The molecule has 0 saturated heterocycles. The van der Waals surface area contributed by atoms with E-state index in [9.17, 15) is 0 Å². The lowest BCUT2D eigenvalue weighted by atomic mass is 10.1. The van der Waals surface area contributed by atoms with Crippen LogP contribution in [0.3, 0.4) is 0 Å². The Morgan fingerprint density at radius 1 is 1.57 bits per heavy atom. The number of benzene rings is 1. The van der Waals surface area contributed by atoms with E-state index in [4.69, 9.17) is 22.9 Å². The van der Waals surface area contributed by atoms with Gasteiger partial charge in [-0.1, -0.05) is 34.9 Å². The molecule has 72 valence electrons. The highest BCUT2D eigenvalue weighted by atomic mass is 35.5. The normalized spacial score (nSPS) is 10.1. The minimum absolute atomic E-state index is 0.318. The minimum Gasteiger partial charge on any atom is -0.398 e. The van der Waals surface area contributed by atoms with Crippen molar-refractivity contribution in [1.82, 2.24) is 0 Å². The molecule has 4 nitrogen and oxygen atoms in total. The van der Waals surface area contributed by atoms with Crippen LogP contribution in [-0.2, 0) is 0 Å². The maximum Gasteiger partial charge on any atom is 0.0443 e. The van der Waals surface area contributed by atoms with Crippen LogP contribution >= 0.6 is 11.6 Å². The summed E-state index contributed by atoms with van der Waals surface area (Å²) in [5.74, 6) is 0. The molecule has 0 saturated carbocycles. The fourth-order valence-electron chi connectivity index (χ4n) is 0.961. The molecule has 0 spiro atoms. The molecule has 0 aromatic heterocycles. The standard InChI is InChI=1S/C9H9ClN4/c10-8-4-3-7(9(11)6-8)2-1-5-13-14-12/h1-4,6H,5,11H2. The van der Waals surface area contributed by atoms with Crippen LogP contribution in [-0.4, -0.2) is 6.54 Å². The predicted octanol–water partition coefficient (Wildman–Crippen LogP) is 3.25. The number of anilines is 1. The van der Waals surface area contributed by atoms with Crippen molar-refractivity contribution in [3.05, 3.63) is 45.3 Å². The highest BCUT2D eigenvalue weighted by molar-refractivity contribution is 6.30. The van der Waals surface area contributed by atoms with Gasteiger partial charge in [-0.3, -0.25) is 0 Å². The summed E-state index contributed by atoms with van der Waals surface area (Å²) in [4.78, 5) is 2.62. The predicted molar refractivity (Wildman–Crippen MR) is 58.9 cm³/mol. The monoisotopic (exact) mass is 208 g/mol. The van der Waals surface area contributed by atoms with Crippen molar-refractivity contribution in [3.63, 3.8) is 0 Å². The summed E-state index contributed by atoms with van der Waals surface area (Å²) < 4.78 is 0. The number of nitrogen functional groups attached to an aromatic ring is 1. The van der Waals surface area contributed by atoms with E-state index in [2.05, 4.69) is 10.0 Å². The van der Waals surface area contributed by atoms with Gasteiger partial charge in [-0.05, 0) is 23.2 Å². The maximum atomic E-state index is 8.04. The van der Waals surface area contributed by atoms with E-state index in [0.717, 1.165) is 5.56 Å². The molecule has 5 heteroatoms. The van der Waals surface area contributed by atoms with Crippen molar-refractivity contribution >= 4 is 23.4 Å². The van der Waals surface area contributed by atoms with Gasteiger partial charge in [0, 0.05) is 22.2 Å². The molecule has 0 atom stereocenters. The lowest BCUT2D eigenvalue weighted by Crippen LogP contribution is -1.88. The topological polar surface area (TPSA) is 74.8 Å². The van der Waals surface area contributed by atoms with Crippen LogP contribution in [0, 0.1) is 0 Å². The largest absolute Gasteiger partial charge is 0.398 e. The molecule has 1 rings (SSSR count). The van der Waals surface area contributed by atoms with Crippen LogP contribution in [0.4, 0.5) is 5.69 Å². The first-order valence-electron chi connectivity index (χ1n) is 3.96. The zero-order valence-corrected chi connectivity index (χ0v) is 8.15. The zero-order valence-electron chi connectivity index (χ0n) is 7.39. The molecule has 0 fully saturated rings. The average Bonchev–Trinajstić information content (AvgIpc) is 2.15. The Kier molecular flexibility index (Phi) is 3.85. The van der Waals surface area contributed by atoms with Crippen molar-refractivity contribution in [3.8, 4) is 0 Å². The Balaban J connectivity index is 2.76. The van der Waals surface area contributed by atoms with E-state index in [-0.39, 0.29) is 0 Å². The van der Waals surface area contributed by atoms with Crippen molar-refractivity contribution in [1.29, 1.82) is 0 Å². The lowest BCUT2D eigenvalue weighted by molar-refractivity contribution is 1.22. The molecule has 0 bridgehead atoms. The first kappa shape index (κ1) is 10.4. The number of nitrogens with two attached hydrogens (primary N) is 1. The Morgan fingerprint density at radius 2 is 2.36 bits per heavy atom. The van der Waals surface area contributed by atoms with E-state index in [0.29, 0.717) is 17.3 Å². The molecule has 0 aliphatic heterocycles. The summed E-state index contributed by atoms with van der Waals surface area (Å²) in [5.41, 5.74) is 15.2. The second-order valence-electron chi connectivity index (χ2n) is 2.59. The fourth-order valence-corrected chi connectivity index (χ4v) is 1.14. The molecule has 0 amide bonds. The van der Waals surface area contributed by atoms with Gasteiger partial charge >= 0.3 is 0 Å².